The van der Waals surface area contributed by atoms with E-state index >= 15 is 0 Å². The molecular weight excluding hydrogens is 218 g/mol. The minimum absolute atomic E-state index is 0.0452. The highest BCUT2D eigenvalue weighted by atomic mass is 16.5. The molecule has 4 heteroatoms. The molecule has 17 heavy (non-hydrogen) atoms. The lowest BCUT2D eigenvalue weighted by Crippen LogP contribution is -2.31. The van der Waals surface area contributed by atoms with Gasteiger partial charge in [-0.05, 0) is 5.56 Å². The van der Waals surface area contributed by atoms with E-state index in [1.807, 2.05) is 30.3 Å². The van der Waals surface area contributed by atoms with Crippen molar-refractivity contribution in [2.24, 2.45) is 0 Å². The third-order valence-electron chi connectivity index (χ3n) is 2.31. The van der Waals surface area contributed by atoms with Gasteiger partial charge in [0, 0.05) is 6.92 Å². The number of benzene rings is 1. The zero-order valence-corrected chi connectivity index (χ0v) is 9.97. The summed E-state index contributed by atoms with van der Waals surface area (Å²) in [6.07, 6.45) is 0. The Labute approximate surface area is 100 Å². The highest BCUT2D eigenvalue weighted by Gasteiger charge is 2.19. The van der Waals surface area contributed by atoms with Crippen LogP contribution in [0.1, 0.15) is 12.5 Å². The van der Waals surface area contributed by atoms with Gasteiger partial charge in [0.05, 0.1) is 13.7 Å². The first kappa shape index (κ1) is 13.0. The van der Waals surface area contributed by atoms with E-state index in [1.54, 1.807) is 0 Å². The van der Waals surface area contributed by atoms with Crippen LogP contribution in [-0.2, 0) is 20.9 Å². The zero-order valence-electron chi connectivity index (χ0n) is 9.97. The van der Waals surface area contributed by atoms with Gasteiger partial charge in [-0.3, -0.25) is 4.79 Å². The first-order valence-electron chi connectivity index (χ1n) is 5.15. The second-order valence-corrected chi connectivity index (χ2v) is 3.53. The molecule has 90 valence electrons. The molecule has 1 aromatic carbocycles. The number of hydrogen-bond acceptors (Lipinski definition) is 3. The van der Waals surface area contributed by atoms with Crippen molar-refractivity contribution in [2.75, 3.05) is 7.11 Å². The smallest absolute Gasteiger partial charge is 0.354 e. The number of hydrogen-bond donors (Lipinski definition) is 0. The van der Waals surface area contributed by atoms with Crippen LogP contribution in [0.15, 0.2) is 42.6 Å². The second-order valence-electron chi connectivity index (χ2n) is 3.53. The quantitative estimate of drug-likeness (QED) is 0.587. The summed E-state index contributed by atoms with van der Waals surface area (Å²) in [5.41, 5.74) is 0.969. The minimum atomic E-state index is -0.601. The summed E-state index contributed by atoms with van der Waals surface area (Å²) in [5, 5.41) is 0. The number of rotatable bonds is 4. The first-order chi connectivity index (χ1) is 8.06. The largest absolute Gasteiger partial charge is 0.464 e. The molecule has 0 aliphatic carbocycles. The van der Waals surface area contributed by atoms with E-state index in [9.17, 15) is 9.59 Å². The van der Waals surface area contributed by atoms with E-state index in [-0.39, 0.29) is 11.6 Å². The van der Waals surface area contributed by atoms with Crippen LogP contribution < -0.4 is 0 Å². The average molecular weight is 233 g/mol. The van der Waals surface area contributed by atoms with Crippen LogP contribution in [-0.4, -0.2) is 23.9 Å². The molecule has 0 fully saturated rings. The van der Waals surface area contributed by atoms with E-state index < -0.39 is 5.97 Å². The van der Waals surface area contributed by atoms with E-state index in [2.05, 4.69) is 11.3 Å². The molecule has 0 saturated carbocycles. The van der Waals surface area contributed by atoms with Gasteiger partial charge >= 0.3 is 5.97 Å². The summed E-state index contributed by atoms with van der Waals surface area (Å²) in [4.78, 5) is 24.1. The lowest BCUT2D eigenvalue weighted by atomic mass is 10.2. The maximum Gasteiger partial charge on any atom is 0.354 e. The van der Waals surface area contributed by atoms with E-state index in [4.69, 9.17) is 0 Å². The van der Waals surface area contributed by atoms with E-state index in [0.29, 0.717) is 6.54 Å². The minimum Gasteiger partial charge on any atom is -0.464 e. The van der Waals surface area contributed by atoms with Crippen molar-refractivity contribution in [3.05, 3.63) is 48.2 Å². The SMILES string of the molecule is C=C(C(=O)OC)N(Cc1ccccc1)C(C)=O. The monoisotopic (exact) mass is 233 g/mol. The Hall–Kier alpha value is -2.10. The predicted molar refractivity (Wildman–Crippen MR) is 63.8 cm³/mol. The van der Waals surface area contributed by atoms with Crippen LogP contribution in [0.3, 0.4) is 0 Å². The number of nitrogens with zero attached hydrogens (tertiary/aromatic N) is 1. The summed E-state index contributed by atoms with van der Waals surface area (Å²) < 4.78 is 4.55. The molecule has 0 bridgehead atoms. The number of esters is 1. The maximum absolute atomic E-state index is 11.5. The zero-order chi connectivity index (χ0) is 12.8. The summed E-state index contributed by atoms with van der Waals surface area (Å²) in [7, 11) is 1.26. The van der Waals surface area contributed by atoms with Crippen molar-refractivity contribution in [3.63, 3.8) is 0 Å². The fourth-order valence-corrected chi connectivity index (χ4v) is 1.39. The molecule has 0 unspecified atom stereocenters. The normalized spacial score (nSPS) is 9.53. The van der Waals surface area contributed by atoms with Gasteiger partial charge in [0.15, 0.2) is 0 Å². The number of ether oxygens (including phenoxy) is 1. The Kier molecular flexibility index (Phi) is 4.46. The molecule has 1 amide bonds. The van der Waals surface area contributed by atoms with Gasteiger partial charge in [-0.15, -0.1) is 0 Å². The lowest BCUT2D eigenvalue weighted by molar-refractivity contribution is -0.141. The Balaban J connectivity index is 2.85. The van der Waals surface area contributed by atoms with Crippen molar-refractivity contribution in [3.8, 4) is 0 Å². The molecule has 1 aromatic rings. The van der Waals surface area contributed by atoms with Crippen LogP contribution in [0.5, 0.6) is 0 Å². The predicted octanol–water partition coefficient (Wildman–Crippen LogP) is 1.72. The summed E-state index contributed by atoms with van der Waals surface area (Å²) in [5.74, 6) is -0.847. The average Bonchev–Trinajstić information content (AvgIpc) is 2.35. The second kappa shape index (κ2) is 5.84. The highest BCUT2D eigenvalue weighted by molar-refractivity contribution is 5.92. The van der Waals surface area contributed by atoms with Crippen molar-refractivity contribution in [1.82, 2.24) is 4.90 Å². The fraction of sp³-hybridized carbons (Fsp3) is 0.231. The molecule has 0 saturated heterocycles. The van der Waals surface area contributed by atoms with Gasteiger partial charge in [0.1, 0.15) is 5.70 Å². The van der Waals surface area contributed by atoms with E-state index in [1.165, 1.54) is 18.9 Å². The fourth-order valence-electron chi connectivity index (χ4n) is 1.39. The van der Waals surface area contributed by atoms with Crippen molar-refractivity contribution >= 4 is 11.9 Å². The molecular formula is C13H15NO3. The molecule has 0 aromatic heterocycles. The maximum atomic E-state index is 11.5. The standard InChI is InChI=1S/C13H15NO3/c1-10(13(16)17-3)14(11(2)15)9-12-7-5-4-6-8-12/h4-8H,1,9H2,2-3H3. The molecule has 0 aliphatic heterocycles. The van der Waals surface area contributed by atoms with Gasteiger partial charge in [-0.1, -0.05) is 36.9 Å². The molecule has 0 aliphatic rings. The first-order valence-corrected chi connectivity index (χ1v) is 5.15. The number of amides is 1. The van der Waals surface area contributed by atoms with Crippen LogP contribution in [0.25, 0.3) is 0 Å². The Morgan fingerprint density at radius 1 is 1.29 bits per heavy atom. The number of carbonyl (C=O) groups excluding carboxylic acids is 2. The summed E-state index contributed by atoms with van der Waals surface area (Å²) in [6.45, 7) is 5.27. The Morgan fingerprint density at radius 2 is 1.88 bits per heavy atom. The summed E-state index contributed by atoms with van der Waals surface area (Å²) >= 11 is 0. The van der Waals surface area contributed by atoms with Crippen LogP contribution in [0, 0.1) is 0 Å². The van der Waals surface area contributed by atoms with Crippen LogP contribution in [0.4, 0.5) is 0 Å². The van der Waals surface area contributed by atoms with Crippen molar-refractivity contribution < 1.29 is 14.3 Å². The number of carbonyl (C=O) groups is 2. The molecule has 1 rings (SSSR count). The van der Waals surface area contributed by atoms with Gasteiger partial charge < -0.3 is 9.64 Å². The van der Waals surface area contributed by atoms with E-state index in [0.717, 1.165) is 5.56 Å². The molecule has 0 radical (unpaired) electrons. The van der Waals surface area contributed by atoms with Crippen molar-refractivity contribution in [1.29, 1.82) is 0 Å². The molecule has 0 spiro atoms. The topological polar surface area (TPSA) is 46.6 Å². The van der Waals surface area contributed by atoms with Gasteiger partial charge in [0.2, 0.25) is 5.91 Å². The van der Waals surface area contributed by atoms with Gasteiger partial charge in [-0.25, -0.2) is 4.79 Å². The Morgan fingerprint density at radius 3 is 2.35 bits per heavy atom. The molecule has 0 N–H and O–H groups in total. The molecule has 0 heterocycles. The Bertz CT molecular complexity index is 426. The molecule has 4 nitrogen and oxygen atoms in total. The summed E-state index contributed by atoms with van der Waals surface area (Å²) in [6, 6.07) is 9.38. The lowest BCUT2D eigenvalue weighted by Gasteiger charge is -2.21. The van der Waals surface area contributed by atoms with Gasteiger partial charge in [0.25, 0.3) is 0 Å². The van der Waals surface area contributed by atoms with Crippen LogP contribution in [0.2, 0.25) is 0 Å². The van der Waals surface area contributed by atoms with Crippen molar-refractivity contribution in [2.45, 2.75) is 13.5 Å². The molecule has 0 atom stereocenters. The number of methoxy groups -OCH3 is 1. The third kappa shape index (κ3) is 3.45. The van der Waals surface area contributed by atoms with Crippen LogP contribution >= 0.6 is 0 Å². The third-order valence-corrected chi connectivity index (χ3v) is 2.31. The highest BCUT2D eigenvalue weighted by Crippen LogP contribution is 2.11. The van der Waals surface area contributed by atoms with Gasteiger partial charge in [-0.2, -0.15) is 0 Å².